The van der Waals surface area contributed by atoms with Gasteiger partial charge >= 0.3 is 0 Å². The van der Waals surface area contributed by atoms with Crippen molar-refractivity contribution in [2.75, 3.05) is 4.90 Å². The van der Waals surface area contributed by atoms with Crippen LogP contribution in [-0.4, -0.2) is 12.1 Å². The lowest BCUT2D eigenvalue weighted by atomic mass is 9.77. The van der Waals surface area contributed by atoms with E-state index in [1.54, 1.807) is 0 Å². The Balaban J connectivity index is 1.22. The zero-order valence-electron chi connectivity index (χ0n) is 29.1. The van der Waals surface area contributed by atoms with Crippen molar-refractivity contribution in [3.63, 3.8) is 0 Å². The molecule has 0 saturated carbocycles. The molecule has 0 saturated heterocycles. The van der Waals surface area contributed by atoms with Crippen LogP contribution in [0, 0.1) is 0 Å². The smallest absolute Gasteiger partial charge is 0.132 e. The van der Waals surface area contributed by atoms with Crippen molar-refractivity contribution in [3.8, 4) is 28.0 Å². The Kier molecular flexibility index (Phi) is 8.01. The van der Waals surface area contributed by atoms with Gasteiger partial charge in [0.15, 0.2) is 0 Å². The first-order valence-electron chi connectivity index (χ1n) is 18.2. The summed E-state index contributed by atoms with van der Waals surface area (Å²) in [5, 5.41) is 2.60. The molecule has 0 N–H and O–H groups in total. The van der Waals surface area contributed by atoms with E-state index in [4.69, 9.17) is 4.74 Å². The van der Waals surface area contributed by atoms with E-state index < -0.39 is 0 Å². The highest BCUT2D eigenvalue weighted by atomic mass is 16.5. The van der Waals surface area contributed by atoms with Gasteiger partial charge in [-0.3, -0.25) is 0 Å². The maximum atomic E-state index is 7.14. The number of hydrogen-bond acceptors (Lipinski definition) is 2. The largest absolute Gasteiger partial charge is 0.484 e. The van der Waals surface area contributed by atoms with Gasteiger partial charge in [-0.05, 0) is 86.8 Å². The molecular weight excluding hydrogens is 619 g/mol. The van der Waals surface area contributed by atoms with Gasteiger partial charge in [0, 0.05) is 22.5 Å². The van der Waals surface area contributed by atoms with E-state index in [-0.39, 0.29) is 24.0 Å². The molecule has 6 aromatic rings. The fourth-order valence-corrected chi connectivity index (χ4v) is 8.46. The van der Waals surface area contributed by atoms with Gasteiger partial charge in [-0.15, -0.1) is 0 Å². The van der Waals surface area contributed by atoms with Crippen LogP contribution in [0.2, 0.25) is 0 Å². The quantitative estimate of drug-likeness (QED) is 0.169. The lowest BCUT2D eigenvalue weighted by Crippen LogP contribution is -2.29. The lowest BCUT2D eigenvalue weighted by Gasteiger charge is -2.33. The van der Waals surface area contributed by atoms with Crippen molar-refractivity contribution in [2.24, 2.45) is 0 Å². The highest BCUT2D eigenvalue weighted by Gasteiger charge is 2.41. The van der Waals surface area contributed by atoms with Gasteiger partial charge in [0.05, 0.1) is 12.0 Å². The maximum Gasteiger partial charge on any atom is 0.132 e. The topological polar surface area (TPSA) is 12.5 Å². The molecule has 1 heterocycles. The van der Waals surface area contributed by atoms with Gasteiger partial charge in [-0.1, -0.05) is 159 Å². The Labute approximate surface area is 301 Å². The molecule has 0 amide bonds. The van der Waals surface area contributed by atoms with E-state index in [2.05, 4.69) is 195 Å². The maximum absolute atomic E-state index is 7.14. The van der Waals surface area contributed by atoms with E-state index in [9.17, 15) is 0 Å². The summed E-state index contributed by atoms with van der Waals surface area (Å²) in [5.74, 6) is 1.43. The predicted octanol–water partition coefficient (Wildman–Crippen LogP) is 12.8. The first-order valence-corrected chi connectivity index (χ1v) is 18.2. The minimum absolute atomic E-state index is 0.0632. The molecule has 0 spiro atoms. The summed E-state index contributed by atoms with van der Waals surface area (Å²) < 4.78 is 7.14. The lowest BCUT2D eigenvalue weighted by molar-refractivity contribution is 0.272. The zero-order valence-corrected chi connectivity index (χ0v) is 29.1. The van der Waals surface area contributed by atoms with Gasteiger partial charge in [0.1, 0.15) is 11.9 Å². The Morgan fingerprint density at radius 3 is 2.02 bits per heavy atom. The third-order valence-corrected chi connectivity index (χ3v) is 10.7. The van der Waals surface area contributed by atoms with Crippen molar-refractivity contribution in [1.29, 1.82) is 0 Å². The summed E-state index contributed by atoms with van der Waals surface area (Å²) in [4.78, 5) is 2.49. The predicted molar refractivity (Wildman–Crippen MR) is 215 cm³/mol. The average molecular weight is 660 g/mol. The minimum Gasteiger partial charge on any atom is -0.484 e. The monoisotopic (exact) mass is 659 g/mol. The summed E-state index contributed by atoms with van der Waals surface area (Å²) in [5.41, 5.74) is 12.4. The van der Waals surface area contributed by atoms with Crippen LogP contribution in [0.5, 0.6) is 5.75 Å². The number of allylic oxidation sites excluding steroid dienone is 4. The van der Waals surface area contributed by atoms with Gasteiger partial charge in [0.25, 0.3) is 0 Å². The van der Waals surface area contributed by atoms with Crippen LogP contribution in [-0.2, 0) is 0 Å². The highest BCUT2D eigenvalue weighted by Crippen LogP contribution is 2.57. The van der Waals surface area contributed by atoms with Gasteiger partial charge in [-0.2, -0.15) is 0 Å². The summed E-state index contributed by atoms with van der Waals surface area (Å²) in [7, 11) is 0. The summed E-state index contributed by atoms with van der Waals surface area (Å²) in [6, 6.07) is 48.8. The summed E-state index contributed by atoms with van der Waals surface area (Å²) in [6.07, 6.45) is 16.5. The molecule has 3 unspecified atom stereocenters. The second-order valence-electron chi connectivity index (χ2n) is 14.1. The second-order valence-corrected chi connectivity index (χ2v) is 14.1. The van der Waals surface area contributed by atoms with Crippen molar-refractivity contribution in [1.82, 2.24) is 0 Å². The van der Waals surface area contributed by atoms with Crippen molar-refractivity contribution >= 4 is 27.7 Å². The Morgan fingerprint density at radius 2 is 1.29 bits per heavy atom. The van der Waals surface area contributed by atoms with E-state index >= 15 is 0 Å². The number of rotatable bonds is 7. The molecule has 3 atom stereocenters. The molecule has 3 aliphatic rings. The molecule has 0 radical (unpaired) electrons. The number of nitrogens with zero attached hydrogens (tertiary/aromatic N) is 1. The van der Waals surface area contributed by atoms with Crippen LogP contribution in [0.1, 0.15) is 48.8 Å². The number of anilines is 2. The minimum atomic E-state index is -0.0632. The molecule has 51 heavy (non-hydrogen) atoms. The third kappa shape index (κ3) is 5.52. The SMILES string of the molecule is CC(C)c1c(-c2cccc(N(c3ccc(-c4ccccc4)cc3)C3C=CC=CC3)c2)c2c(c3ccccc13)C1C(c3ccccc3)=CC=CC1O2. The first-order chi connectivity index (χ1) is 25.2. The highest BCUT2D eigenvalue weighted by molar-refractivity contribution is 6.02. The second kappa shape index (κ2) is 13.1. The first kappa shape index (κ1) is 31.1. The number of benzene rings is 6. The molecule has 6 aromatic carbocycles. The van der Waals surface area contributed by atoms with Crippen molar-refractivity contribution in [2.45, 2.75) is 44.2 Å². The standard InChI is InChI=1S/C49H41NO/c1-33(2)45-42-24-12-13-25-43(42)48-47-41(36-18-8-4-9-19-36)26-15-27-44(47)51-49(48)46(45)37-20-14-23-40(32-37)50(38-21-10-5-11-22-38)39-30-28-35(29-31-39)34-16-6-3-7-17-34/h3-21,23-33,38,44,47H,22H2,1-2H3. The third-order valence-electron chi connectivity index (χ3n) is 10.7. The zero-order chi connectivity index (χ0) is 34.3. The molecule has 0 aromatic heterocycles. The van der Waals surface area contributed by atoms with Crippen LogP contribution >= 0.6 is 0 Å². The van der Waals surface area contributed by atoms with E-state index in [1.807, 2.05) is 0 Å². The van der Waals surface area contributed by atoms with Crippen LogP contribution < -0.4 is 9.64 Å². The molecule has 2 heteroatoms. The molecule has 9 rings (SSSR count). The van der Waals surface area contributed by atoms with E-state index in [0.717, 1.165) is 12.2 Å². The average Bonchev–Trinajstić information content (AvgIpc) is 3.59. The molecule has 0 bridgehead atoms. The fraction of sp³-hybridized carbons (Fsp3) is 0.143. The number of ether oxygens (including phenoxy) is 1. The Bertz CT molecular complexity index is 2340. The normalized spacial score (nSPS) is 18.7. The van der Waals surface area contributed by atoms with Crippen LogP contribution in [0.4, 0.5) is 11.4 Å². The van der Waals surface area contributed by atoms with Crippen molar-refractivity contribution in [3.05, 3.63) is 193 Å². The van der Waals surface area contributed by atoms with E-state index in [1.165, 1.54) is 66.7 Å². The van der Waals surface area contributed by atoms with E-state index in [0.29, 0.717) is 0 Å². The van der Waals surface area contributed by atoms with Crippen LogP contribution in [0.15, 0.2) is 176 Å². The van der Waals surface area contributed by atoms with Gasteiger partial charge in [0.2, 0.25) is 0 Å². The molecule has 248 valence electrons. The van der Waals surface area contributed by atoms with Gasteiger partial charge < -0.3 is 9.64 Å². The molecule has 1 aliphatic heterocycles. The summed E-state index contributed by atoms with van der Waals surface area (Å²) >= 11 is 0. The Hall–Kier alpha value is -5.86. The molecule has 0 fully saturated rings. The number of hydrogen-bond donors (Lipinski definition) is 0. The number of fused-ring (bicyclic) bond motifs is 5. The van der Waals surface area contributed by atoms with Gasteiger partial charge in [-0.25, -0.2) is 0 Å². The molecule has 2 aliphatic carbocycles. The van der Waals surface area contributed by atoms with Crippen LogP contribution in [0.3, 0.4) is 0 Å². The fourth-order valence-electron chi connectivity index (χ4n) is 8.46. The van der Waals surface area contributed by atoms with Crippen molar-refractivity contribution < 1.29 is 4.74 Å². The summed E-state index contributed by atoms with van der Waals surface area (Å²) in [6.45, 7) is 4.64. The molecular formula is C49H41NO. The Morgan fingerprint density at radius 1 is 0.608 bits per heavy atom. The molecule has 2 nitrogen and oxygen atoms in total. The van der Waals surface area contributed by atoms with Crippen LogP contribution in [0.25, 0.3) is 38.6 Å².